The summed E-state index contributed by atoms with van der Waals surface area (Å²) in [6.07, 6.45) is 3.52. The molecule has 9 heteroatoms. The number of nitrogens with one attached hydrogen (secondary N) is 1. The summed E-state index contributed by atoms with van der Waals surface area (Å²) in [7, 11) is -7.51. The van der Waals surface area contributed by atoms with Crippen LogP contribution in [0.4, 0.5) is 0 Å². The van der Waals surface area contributed by atoms with Gasteiger partial charge in [0.25, 0.3) is 0 Å². The van der Waals surface area contributed by atoms with E-state index in [-0.39, 0.29) is 15.8 Å². The first-order valence-corrected chi connectivity index (χ1v) is 10.6. The highest BCUT2D eigenvalue weighted by atomic mass is 32.2. The maximum atomic E-state index is 12.3. The molecule has 23 heavy (non-hydrogen) atoms. The summed E-state index contributed by atoms with van der Waals surface area (Å²) in [5.74, 6) is 0. The summed E-state index contributed by atoms with van der Waals surface area (Å²) in [6, 6.07) is 4.65. The molecule has 1 aromatic rings. The first-order valence-electron chi connectivity index (χ1n) is 7.56. The van der Waals surface area contributed by atoms with Gasteiger partial charge in [0.1, 0.15) is 0 Å². The van der Waals surface area contributed by atoms with Gasteiger partial charge in [0.05, 0.1) is 9.79 Å². The predicted octanol–water partition coefficient (Wildman–Crippen LogP) is 0.487. The van der Waals surface area contributed by atoms with Gasteiger partial charge in [-0.25, -0.2) is 26.7 Å². The molecule has 2 rings (SSSR count). The zero-order chi connectivity index (χ0) is 17.1. The van der Waals surface area contributed by atoms with Crippen LogP contribution >= 0.6 is 0 Å². The number of nitrogens with two attached hydrogens (primary N) is 1. The first-order chi connectivity index (χ1) is 10.7. The topological polar surface area (TPSA) is 110 Å². The highest BCUT2D eigenvalue weighted by Crippen LogP contribution is 2.14. The maximum Gasteiger partial charge on any atom is 0.240 e. The number of rotatable bonds is 6. The second-order valence-electron chi connectivity index (χ2n) is 5.90. The van der Waals surface area contributed by atoms with Crippen molar-refractivity contribution in [3.8, 4) is 0 Å². The van der Waals surface area contributed by atoms with Crippen LogP contribution in [0.15, 0.2) is 34.1 Å². The normalized spacial score (nSPS) is 18.7. The summed E-state index contributed by atoms with van der Waals surface area (Å²) in [4.78, 5) is 2.16. The second-order valence-corrected chi connectivity index (χ2v) is 9.18. The fourth-order valence-corrected chi connectivity index (χ4v) is 4.46. The van der Waals surface area contributed by atoms with Gasteiger partial charge >= 0.3 is 0 Å². The molecule has 0 radical (unpaired) electrons. The monoisotopic (exact) mass is 361 g/mol. The van der Waals surface area contributed by atoms with E-state index in [2.05, 4.69) is 9.62 Å². The SMILES string of the molecule is CC(CN1CCCCC1)NS(=O)(=O)c1ccc(S(N)(=O)=O)cc1. The lowest BCUT2D eigenvalue weighted by Gasteiger charge is -2.29. The molecule has 1 aliphatic heterocycles. The molecule has 7 nitrogen and oxygen atoms in total. The van der Waals surface area contributed by atoms with E-state index in [4.69, 9.17) is 5.14 Å². The summed E-state index contributed by atoms with van der Waals surface area (Å²) < 4.78 is 49.7. The van der Waals surface area contributed by atoms with E-state index >= 15 is 0 Å². The van der Waals surface area contributed by atoms with Crippen molar-refractivity contribution in [2.24, 2.45) is 5.14 Å². The molecule has 1 saturated heterocycles. The third kappa shape index (κ3) is 5.25. The Kier molecular flexibility index (Phi) is 5.79. The number of hydrogen-bond acceptors (Lipinski definition) is 5. The fraction of sp³-hybridized carbons (Fsp3) is 0.571. The zero-order valence-corrected chi connectivity index (χ0v) is 14.7. The van der Waals surface area contributed by atoms with Gasteiger partial charge in [0.2, 0.25) is 20.0 Å². The molecule has 0 saturated carbocycles. The number of hydrogen-bond donors (Lipinski definition) is 2. The largest absolute Gasteiger partial charge is 0.302 e. The van der Waals surface area contributed by atoms with Gasteiger partial charge in [-0.1, -0.05) is 6.42 Å². The van der Waals surface area contributed by atoms with E-state index in [9.17, 15) is 16.8 Å². The summed E-state index contributed by atoms with van der Waals surface area (Å²) in [5.41, 5.74) is 0. The highest BCUT2D eigenvalue weighted by Gasteiger charge is 2.20. The highest BCUT2D eigenvalue weighted by molar-refractivity contribution is 7.89. The summed E-state index contributed by atoms with van der Waals surface area (Å²) >= 11 is 0. The van der Waals surface area contributed by atoms with Crippen LogP contribution in [0.2, 0.25) is 0 Å². The lowest BCUT2D eigenvalue weighted by atomic mass is 10.1. The fourth-order valence-electron chi connectivity index (χ4n) is 2.71. The van der Waals surface area contributed by atoms with E-state index in [0.717, 1.165) is 25.9 Å². The van der Waals surface area contributed by atoms with E-state index in [1.165, 1.54) is 30.7 Å². The summed E-state index contributed by atoms with van der Waals surface area (Å²) in [5, 5.41) is 5.00. The average Bonchev–Trinajstić information content (AvgIpc) is 2.47. The number of sulfonamides is 2. The van der Waals surface area contributed by atoms with Gasteiger partial charge in [-0.2, -0.15) is 0 Å². The molecule has 3 N–H and O–H groups in total. The van der Waals surface area contributed by atoms with Crippen LogP contribution in [0.1, 0.15) is 26.2 Å². The van der Waals surface area contributed by atoms with Crippen LogP contribution in [-0.2, 0) is 20.0 Å². The Labute approximate surface area is 138 Å². The van der Waals surface area contributed by atoms with Crippen molar-refractivity contribution >= 4 is 20.0 Å². The number of primary sulfonamides is 1. The lowest BCUT2D eigenvalue weighted by molar-refractivity contribution is 0.215. The number of piperidine rings is 1. The Balaban J connectivity index is 2.03. The lowest BCUT2D eigenvalue weighted by Crippen LogP contribution is -2.43. The molecule has 0 aliphatic carbocycles. The predicted molar refractivity (Wildman–Crippen MR) is 87.9 cm³/mol. The van der Waals surface area contributed by atoms with Gasteiger partial charge in [0, 0.05) is 12.6 Å². The van der Waals surface area contributed by atoms with Crippen LogP contribution in [-0.4, -0.2) is 47.4 Å². The van der Waals surface area contributed by atoms with Gasteiger partial charge in [0.15, 0.2) is 0 Å². The average molecular weight is 361 g/mol. The molecule has 1 aliphatic rings. The number of benzene rings is 1. The second kappa shape index (κ2) is 7.27. The zero-order valence-electron chi connectivity index (χ0n) is 13.1. The Morgan fingerprint density at radius 3 is 2.09 bits per heavy atom. The van der Waals surface area contributed by atoms with Gasteiger partial charge in [-0.15, -0.1) is 0 Å². The van der Waals surface area contributed by atoms with Crippen molar-refractivity contribution in [2.45, 2.75) is 42.0 Å². The number of likely N-dealkylation sites (tertiary alicyclic amines) is 1. The first kappa shape index (κ1) is 18.3. The molecule has 0 amide bonds. The van der Waals surface area contributed by atoms with Crippen LogP contribution in [0.5, 0.6) is 0 Å². The van der Waals surface area contributed by atoms with Crippen molar-refractivity contribution in [2.75, 3.05) is 19.6 Å². The van der Waals surface area contributed by atoms with Gasteiger partial charge < -0.3 is 4.90 Å². The van der Waals surface area contributed by atoms with Crippen molar-refractivity contribution < 1.29 is 16.8 Å². The molecule has 1 atom stereocenters. The Bertz CT molecular complexity index is 724. The minimum Gasteiger partial charge on any atom is -0.302 e. The maximum absolute atomic E-state index is 12.3. The Morgan fingerprint density at radius 2 is 1.57 bits per heavy atom. The van der Waals surface area contributed by atoms with Gasteiger partial charge in [-0.3, -0.25) is 0 Å². The quantitative estimate of drug-likeness (QED) is 0.766. The Morgan fingerprint density at radius 1 is 1.04 bits per heavy atom. The van der Waals surface area contributed by atoms with Crippen molar-refractivity contribution in [3.05, 3.63) is 24.3 Å². The van der Waals surface area contributed by atoms with E-state index < -0.39 is 20.0 Å². The van der Waals surface area contributed by atoms with E-state index in [0.29, 0.717) is 6.54 Å². The molecule has 1 aromatic carbocycles. The van der Waals surface area contributed by atoms with Crippen LogP contribution in [0, 0.1) is 0 Å². The van der Waals surface area contributed by atoms with Crippen molar-refractivity contribution in [3.63, 3.8) is 0 Å². The van der Waals surface area contributed by atoms with E-state index in [1.54, 1.807) is 0 Å². The third-order valence-electron chi connectivity index (χ3n) is 3.80. The minimum absolute atomic E-state index is 0.0235. The molecule has 0 bridgehead atoms. The summed E-state index contributed by atoms with van der Waals surface area (Å²) in [6.45, 7) is 4.48. The van der Waals surface area contributed by atoms with Crippen molar-refractivity contribution in [1.29, 1.82) is 0 Å². The van der Waals surface area contributed by atoms with Crippen molar-refractivity contribution in [1.82, 2.24) is 9.62 Å². The smallest absolute Gasteiger partial charge is 0.240 e. The molecule has 0 aromatic heterocycles. The van der Waals surface area contributed by atoms with E-state index in [1.807, 2.05) is 6.92 Å². The van der Waals surface area contributed by atoms with Crippen LogP contribution < -0.4 is 9.86 Å². The molecule has 130 valence electrons. The Hall–Kier alpha value is -1.00. The van der Waals surface area contributed by atoms with Gasteiger partial charge in [-0.05, 0) is 57.1 Å². The van der Waals surface area contributed by atoms with Crippen LogP contribution in [0.25, 0.3) is 0 Å². The number of nitrogens with zero attached hydrogens (tertiary/aromatic N) is 1. The third-order valence-corrected chi connectivity index (χ3v) is 6.33. The molecule has 1 fully saturated rings. The molecule has 0 spiro atoms. The molecular formula is C14H23N3O4S2. The van der Waals surface area contributed by atoms with Crippen LogP contribution in [0.3, 0.4) is 0 Å². The minimum atomic E-state index is -3.83. The molecule has 1 heterocycles. The molecular weight excluding hydrogens is 338 g/mol. The standard InChI is InChI=1S/C14H23N3O4S2/c1-12(11-17-9-3-2-4-10-17)16-23(20,21)14-7-5-13(6-8-14)22(15,18)19/h5-8,12,16H,2-4,9-11H2,1H3,(H2,15,18,19). The molecule has 1 unspecified atom stereocenters.